The van der Waals surface area contributed by atoms with Crippen LogP contribution in [0.4, 0.5) is 5.69 Å². The Labute approximate surface area is 113 Å². The van der Waals surface area contributed by atoms with Crippen molar-refractivity contribution in [2.24, 2.45) is 5.92 Å². The van der Waals surface area contributed by atoms with E-state index in [0.29, 0.717) is 17.8 Å². The van der Waals surface area contributed by atoms with Crippen molar-refractivity contribution < 1.29 is 9.90 Å². The largest absolute Gasteiger partial charge is 0.399 e. The maximum absolute atomic E-state index is 12.2. The molecule has 1 atom stereocenters. The third-order valence-corrected chi connectivity index (χ3v) is 3.22. The summed E-state index contributed by atoms with van der Waals surface area (Å²) in [5, 5.41) is 9.14. The topological polar surface area (TPSA) is 66.6 Å². The minimum absolute atomic E-state index is 0. The van der Waals surface area contributed by atoms with Crippen molar-refractivity contribution in [2.75, 3.05) is 25.4 Å². The molecule has 1 saturated heterocycles. The summed E-state index contributed by atoms with van der Waals surface area (Å²) < 4.78 is 0. The molecule has 0 aliphatic carbocycles. The number of anilines is 1. The molecule has 0 saturated carbocycles. The van der Waals surface area contributed by atoms with Crippen LogP contribution in [0.2, 0.25) is 0 Å². The van der Waals surface area contributed by atoms with E-state index >= 15 is 0 Å². The number of rotatable bonds is 2. The van der Waals surface area contributed by atoms with E-state index in [4.69, 9.17) is 10.8 Å². The van der Waals surface area contributed by atoms with Crippen LogP contribution < -0.4 is 5.73 Å². The van der Waals surface area contributed by atoms with E-state index in [-0.39, 0.29) is 30.8 Å². The van der Waals surface area contributed by atoms with Gasteiger partial charge in [0.2, 0.25) is 0 Å². The van der Waals surface area contributed by atoms with E-state index < -0.39 is 0 Å². The van der Waals surface area contributed by atoms with Gasteiger partial charge < -0.3 is 15.7 Å². The summed E-state index contributed by atoms with van der Waals surface area (Å²) in [6.45, 7) is 1.59. The molecule has 0 bridgehead atoms. The summed E-state index contributed by atoms with van der Waals surface area (Å²) in [4.78, 5) is 14.0. The number of likely N-dealkylation sites (tertiary alicyclic amines) is 1. The minimum atomic E-state index is 0. The second-order valence-electron chi connectivity index (χ2n) is 4.56. The Hall–Kier alpha value is -1.26. The number of hydrogen-bond donors (Lipinski definition) is 2. The van der Waals surface area contributed by atoms with Gasteiger partial charge in [0.15, 0.2) is 0 Å². The maximum Gasteiger partial charge on any atom is 0.253 e. The van der Waals surface area contributed by atoms with Gasteiger partial charge in [0, 0.05) is 30.9 Å². The molecule has 3 N–H and O–H groups in total. The number of amides is 1. The first kappa shape index (κ1) is 14.8. The van der Waals surface area contributed by atoms with Gasteiger partial charge in [0.05, 0.1) is 0 Å². The van der Waals surface area contributed by atoms with Gasteiger partial charge in [-0.25, -0.2) is 0 Å². The van der Waals surface area contributed by atoms with Crippen molar-refractivity contribution in [3.63, 3.8) is 0 Å². The quantitative estimate of drug-likeness (QED) is 0.801. The van der Waals surface area contributed by atoms with Crippen LogP contribution in [-0.4, -0.2) is 35.6 Å². The van der Waals surface area contributed by atoms with Crippen LogP contribution in [0.15, 0.2) is 24.3 Å². The first-order valence-electron chi connectivity index (χ1n) is 5.96. The lowest BCUT2D eigenvalue weighted by Crippen LogP contribution is -2.40. The highest BCUT2D eigenvalue weighted by Gasteiger charge is 2.23. The lowest BCUT2D eigenvalue weighted by atomic mass is 9.98. The molecular formula is C13H19ClN2O2. The van der Waals surface area contributed by atoms with Crippen molar-refractivity contribution in [3.8, 4) is 0 Å². The van der Waals surface area contributed by atoms with Crippen molar-refractivity contribution in [2.45, 2.75) is 12.8 Å². The number of carbonyl (C=O) groups is 1. The lowest BCUT2D eigenvalue weighted by Gasteiger charge is -2.31. The average Bonchev–Trinajstić information content (AvgIpc) is 2.39. The maximum atomic E-state index is 12.2. The molecular weight excluding hydrogens is 252 g/mol. The molecule has 4 nitrogen and oxygen atoms in total. The molecule has 18 heavy (non-hydrogen) atoms. The molecule has 0 radical (unpaired) electrons. The normalized spacial score (nSPS) is 19.2. The number of piperidine rings is 1. The van der Waals surface area contributed by atoms with Crippen LogP contribution in [-0.2, 0) is 0 Å². The fraction of sp³-hybridized carbons (Fsp3) is 0.462. The molecule has 1 aromatic rings. The fourth-order valence-corrected chi connectivity index (χ4v) is 2.21. The van der Waals surface area contributed by atoms with Crippen LogP contribution in [0.5, 0.6) is 0 Å². The summed E-state index contributed by atoms with van der Waals surface area (Å²) in [5.41, 5.74) is 6.92. The summed E-state index contributed by atoms with van der Waals surface area (Å²) >= 11 is 0. The first-order chi connectivity index (χ1) is 8.20. The Bertz CT molecular complexity index is 394. The predicted molar refractivity (Wildman–Crippen MR) is 73.8 cm³/mol. The van der Waals surface area contributed by atoms with E-state index in [1.54, 1.807) is 24.3 Å². The third kappa shape index (κ3) is 3.37. The summed E-state index contributed by atoms with van der Waals surface area (Å²) in [6, 6.07) is 6.97. The molecule has 0 spiro atoms. The van der Waals surface area contributed by atoms with Crippen LogP contribution >= 0.6 is 12.4 Å². The first-order valence-corrected chi connectivity index (χ1v) is 5.96. The predicted octanol–water partition coefficient (Wildman–Crippen LogP) is 1.54. The van der Waals surface area contributed by atoms with E-state index in [1.807, 2.05) is 4.90 Å². The highest BCUT2D eigenvalue weighted by molar-refractivity contribution is 5.94. The highest BCUT2D eigenvalue weighted by Crippen LogP contribution is 2.18. The SMILES string of the molecule is Cl.Nc1ccc(C(=O)N2CCCC(CO)C2)cc1. The lowest BCUT2D eigenvalue weighted by molar-refractivity contribution is 0.0621. The zero-order valence-electron chi connectivity index (χ0n) is 10.2. The molecule has 100 valence electrons. The zero-order valence-corrected chi connectivity index (χ0v) is 11.0. The molecule has 1 aromatic carbocycles. The molecule has 5 heteroatoms. The zero-order chi connectivity index (χ0) is 12.3. The average molecular weight is 271 g/mol. The number of hydrogen-bond acceptors (Lipinski definition) is 3. The van der Waals surface area contributed by atoms with Crippen LogP contribution in [0, 0.1) is 5.92 Å². The Morgan fingerprint density at radius 1 is 1.39 bits per heavy atom. The van der Waals surface area contributed by atoms with Gasteiger partial charge in [-0.15, -0.1) is 12.4 Å². The van der Waals surface area contributed by atoms with Gasteiger partial charge in [-0.05, 0) is 43.0 Å². The standard InChI is InChI=1S/C13H18N2O2.ClH/c14-12-5-3-11(4-6-12)13(17)15-7-1-2-10(8-15)9-16;/h3-6,10,16H,1-2,7-9,14H2;1H. The second-order valence-corrected chi connectivity index (χ2v) is 4.56. The van der Waals surface area contributed by atoms with E-state index in [9.17, 15) is 4.79 Å². The van der Waals surface area contributed by atoms with E-state index in [0.717, 1.165) is 19.4 Å². The number of carbonyl (C=O) groups excluding carboxylic acids is 1. The molecule has 0 aromatic heterocycles. The third-order valence-electron chi connectivity index (χ3n) is 3.22. The summed E-state index contributed by atoms with van der Waals surface area (Å²) in [5.74, 6) is 0.254. The van der Waals surface area contributed by atoms with Crippen molar-refractivity contribution >= 4 is 24.0 Å². The molecule has 1 heterocycles. The minimum Gasteiger partial charge on any atom is -0.399 e. The second kappa shape index (κ2) is 6.61. The Morgan fingerprint density at radius 3 is 2.67 bits per heavy atom. The monoisotopic (exact) mass is 270 g/mol. The van der Waals surface area contributed by atoms with E-state index in [1.165, 1.54) is 0 Å². The number of nitrogens with zero attached hydrogens (tertiary/aromatic N) is 1. The summed E-state index contributed by atoms with van der Waals surface area (Å²) in [7, 11) is 0. The summed E-state index contributed by atoms with van der Waals surface area (Å²) in [6.07, 6.45) is 1.97. The van der Waals surface area contributed by atoms with Crippen molar-refractivity contribution in [1.82, 2.24) is 4.90 Å². The van der Waals surface area contributed by atoms with Crippen LogP contribution in [0.1, 0.15) is 23.2 Å². The number of aliphatic hydroxyl groups is 1. The molecule has 2 rings (SSSR count). The van der Waals surface area contributed by atoms with E-state index in [2.05, 4.69) is 0 Å². The number of aliphatic hydroxyl groups excluding tert-OH is 1. The molecule has 1 unspecified atom stereocenters. The van der Waals surface area contributed by atoms with Gasteiger partial charge in [-0.3, -0.25) is 4.79 Å². The molecule has 1 fully saturated rings. The van der Waals surface area contributed by atoms with Crippen molar-refractivity contribution in [3.05, 3.63) is 29.8 Å². The molecule has 1 amide bonds. The molecule has 1 aliphatic rings. The van der Waals surface area contributed by atoms with Crippen molar-refractivity contribution in [1.29, 1.82) is 0 Å². The van der Waals surface area contributed by atoms with Crippen LogP contribution in [0.3, 0.4) is 0 Å². The van der Waals surface area contributed by atoms with Gasteiger partial charge in [0.1, 0.15) is 0 Å². The number of benzene rings is 1. The smallest absolute Gasteiger partial charge is 0.253 e. The molecule has 1 aliphatic heterocycles. The number of nitrogen functional groups attached to an aromatic ring is 1. The van der Waals surface area contributed by atoms with Crippen LogP contribution in [0.25, 0.3) is 0 Å². The Balaban J connectivity index is 0.00000162. The Kier molecular flexibility index (Phi) is 5.44. The van der Waals surface area contributed by atoms with Gasteiger partial charge in [-0.1, -0.05) is 0 Å². The fourth-order valence-electron chi connectivity index (χ4n) is 2.21. The van der Waals surface area contributed by atoms with Gasteiger partial charge >= 0.3 is 0 Å². The van der Waals surface area contributed by atoms with Gasteiger partial charge in [0.25, 0.3) is 5.91 Å². The Morgan fingerprint density at radius 2 is 2.06 bits per heavy atom. The number of nitrogens with two attached hydrogens (primary N) is 1. The number of halogens is 1. The highest BCUT2D eigenvalue weighted by atomic mass is 35.5. The van der Waals surface area contributed by atoms with Gasteiger partial charge in [-0.2, -0.15) is 0 Å².